The summed E-state index contributed by atoms with van der Waals surface area (Å²) in [6, 6.07) is 0.834. The van der Waals surface area contributed by atoms with Crippen molar-refractivity contribution in [1.82, 2.24) is 4.90 Å². The molecule has 0 bridgehead atoms. The first-order chi connectivity index (χ1) is 9.31. The average Bonchev–Trinajstić information content (AvgIpc) is 3.15. The van der Waals surface area contributed by atoms with E-state index >= 15 is 0 Å². The Bertz CT molecular complexity index is 319. The van der Waals surface area contributed by atoms with Gasteiger partial charge in [-0.05, 0) is 62.3 Å². The van der Waals surface area contributed by atoms with E-state index in [-0.39, 0.29) is 5.54 Å². The average molecular weight is 280 g/mol. The molecule has 2 rings (SSSR count). The molecule has 0 saturated heterocycles. The van der Waals surface area contributed by atoms with E-state index in [0.717, 1.165) is 24.4 Å². The Morgan fingerprint density at radius 3 is 2.30 bits per heavy atom. The van der Waals surface area contributed by atoms with Crippen LogP contribution in [0.25, 0.3) is 0 Å². The van der Waals surface area contributed by atoms with Crippen LogP contribution in [0.1, 0.15) is 73.1 Å². The fourth-order valence-corrected chi connectivity index (χ4v) is 4.32. The van der Waals surface area contributed by atoms with Crippen molar-refractivity contribution < 1.29 is 0 Å². The summed E-state index contributed by atoms with van der Waals surface area (Å²) in [6.07, 6.45) is 8.07. The summed E-state index contributed by atoms with van der Waals surface area (Å²) >= 11 is 0. The van der Waals surface area contributed by atoms with Crippen LogP contribution in [0.4, 0.5) is 0 Å². The lowest BCUT2D eigenvalue weighted by Gasteiger charge is -2.54. The minimum absolute atomic E-state index is 0.283. The zero-order valence-corrected chi connectivity index (χ0v) is 14.4. The third kappa shape index (κ3) is 3.39. The predicted octanol–water partition coefficient (Wildman–Crippen LogP) is 4.04. The molecule has 0 aromatic carbocycles. The van der Waals surface area contributed by atoms with Gasteiger partial charge in [-0.15, -0.1) is 0 Å². The van der Waals surface area contributed by atoms with Crippen LogP contribution in [0.2, 0.25) is 0 Å². The van der Waals surface area contributed by atoms with Crippen LogP contribution < -0.4 is 5.73 Å². The molecule has 0 aromatic rings. The van der Waals surface area contributed by atoms with Crippen molar-refractivity contribution >= 4 is 0 Å². The Morgan fingerprint density at radius 2 is 1.85 bits per heavy atom. The quantitative estimate of drug-likeness (QED) is 0.795. The van der Waals surface area contributed by atoms with Gasteiger partial charge in [0.05, 0.1) is 0 Å². The second kappa shape index (κ2) is 5.96. The van der Waals surface area contributed by atoms with Gasteiger partial charge in [0.1, 0.15) is 0 Å². The number of rotatable bonds is 6. The lowest BCUT2D eigenvalue weighted by Crippen LogP contribution is -2.62. The van der Waals surface area contributed by atoms with Crippen LogP contribution >= 0.6 is 0 Å². The van der Waals surface area contributed by atoms with Crippen molar-refractivity contribution in [3.63, 3.8) is 0 Å². The van der Waals surface area contributed by atoms with E-state index in [2.05, 4.69) is 39.5 Å². The van der Waals surface area contributed by atoms with Crippen LogP contribution in [0.3, 0.4) is 0 Å². The Balaban J connectivity index is 2.14. The van der Waals surface area contributed by atoms with Crippen molar-refractivity contribution in [3.8, 4) is 0 Å². The van der Waals surface area contributed by atoms with Gasteiger partial charge in [0.25, 0.3) is 0 Å². The van der Waals surface area contributed by atoms with Crippen molar-refractivity contribution in [1.29, 1.82) is 0 Å². The summed E-state index contributed by atoms with van der Waals surface area (Å²) in [6.45, 7) is 14.1. The normalized spacial score (nSPS) is 33.9. The highest BCUT2D eigenvalue weighted by Gasteiger charge is 2.50. The summed E-state index contributed by atoms with van der Waals surface area (Å²) in [4.78, 5) is 2.84. The smallest absolute Gasteiger partial charge is 0.0360 e. The molecule has 2 atom stereocenters. The molecule has 2 nitrogen and oxygen atoms in total. The van der Waals surface area contributed by atoms with Crippen molar-refractivity contribution in [2.75, 3.05) is 13.1 Å². The van der Waals surface area contributed by atoms with E-state index in [9.17, 15) is 0 Å². The first-order valence-corrected chi connectivity index (χ1v) is 8.77. The minimum atomic E-state index is 0.283. The van der Waals surface area contributed by atoms with E-state index in [1.165, 1.54) is 45.1 Å². The molecule has 0 radical (unpaired) electrons. The molecule has 2 unspecified atom stereocenters. The number of nitrogens with zero attached hydrogens (tertiary/aromatic N) is 1. The summed E-state index contributed by atoms with van der Waals surface area (Å²) in [5, 5.41) is 0. The molecule has 2 heteroatoms. The molecular weight excluding hydrogens is 244 g/mol. The van der Waals surface area contributed by atoms with Crippen LogP contribution in [-0.2, 0) is 0 Å². The number of nitrogens with two attached hydrogens (primary N) is 1. The highest BCUT2D eigenvalue weighted by molar-refractivity contribution is 5.06. The van der Waals surface area contributed by atoms with E-state index in [1.54, 1.807) is 0 Å². The first kappa shape index (κ1) is 16.3. The third-order valence-electron chi connectivity index (χ3n) is 5.87. The topological polar surface area (TPSA) is 29.3 Å². The highest BCUT2D eigenvalue weighted by Crippen LogP contribution is 2.49. The molecule has 2 aliphatic carbocycles. The summed E-state index contributed by atoms with van der Waals surface area (Å²) in [5.74, 6) is 1.52. The van der Waals surface area contributed by atoms with Gasteiger partial charge < -0.3 is 5.73 Å². The standard InChI is InChI=1S/C18H36N2/c1-14(2)8-11-20(16-6-7-16)18(13-19)10-9-17(4,5)12-15(18)3/h14-16H,6-13,19H2,1-5H3. The van der Waals surface area contributed by atoms with Gasteiger partial charge in [0, 0.05) is 18.1 Å². The molecule has 2 aliphatic rings. The molecule has 118 valence electrons. The molecule has 20 heavy (non-hydrogen) atoms. The van der Waals surface area contributed by atoms with Gasteiger partial charge in [-0.2, -0.15) is 0 Å². The van der Waals surface area contributed by atoms with E-state index in [0.29, 0.717) is 5.41 Å². The van der Waals surface area contributed by atoms with Crippen LogP contribution in [0.5, 0.6) is 0 Å². The molecular formula is C18H36N2. The molecule has 0 heterocycles. The predicted molar refractivity (Wildman–Crippen MR) is 87.8 cm³/mol. The molecule has 2 N–H and O–H groups in total. The Kier molecular flexibility index (Phi) is 4.86. The lowest BCUT2D eigenvalue weighted by molar-refractivity contribution is -0.0297. The summed E-state index contributed by atoms with van der Waals surface area (Å²) in [5.41, 5.74) is 7.14. The maximum Gasteiger partial charge on any atom is 0.0360 e. The van der Waals surface area contributed by atoms with Gasteiger partial charge in [-0.3, -0.25) is 4.90 Å². The van der Waals surface area contributed by atoms with E-state index < -0.39 is 0 Å². The summed E-state index contributed by atoms with van der Waals surface area (Å²) in [7, 11) is 0. The van der Waals surface area contributed by atoms with Gasteiger partial charge in [0.15, 0.2) is 0 Å². The van der Waals surface area contributed by atoms with Gasteiger partial charge in [-0.25, -0.2) is 0 Å². The van der Waals surface area contributed by atoms with Gasteiger partial charge in [0.2, 0.25) is 0 Å². The maximum absolute atomic E-state index is 6.35. The third-order valence-corrected chi connectivity index (χ3v) is 5.87. The first-order valence-electron chi connectivity index (χ1n) is 8.77. The Morgan fingerprint density at radius 1 is 1.20 bits per heavy atom. The molecule has 0 aromatic heterocycles. The van der Waals surface area contributed by atoms with Crippen molar-refractivity contribution in [2.24, 2.45) is 23.0 Å². The van der Waals surface area contributed by atoms with Crippen LogP contribution in [-0.4, -0.2) is 29.6 Å². The monoisotopic (exact) mass is 280 g/mol. The van der Waals surface area contributed by atoms with Crippen LogP contribution in [0.15, 0.2) is 0 Å². The van der Waals surface area contributed by atoms with Gasteiger partial charge in [-0.1, -0.05) is 34.6 Å². The fraction of sp³-hybridized carbons (Fsp3) is 1.00. The second-order valence-electron chi connectivity index (χ2n) is 8.68. The molecule has 0 amide bonds. The van der Waals surface area contributed by atoms with E-state index in [1.807, 2.05) is 0 Å². The van der Waals surface area contributed by atoms with E-state index in [4.69, 9.17) is 5.73 Å². The van der Waals surface area contributed by atoms with Crippen molar-refractivity contribution in [2.45, 2.75) is 84.7 Å². The zero-order valence-electron chi connectivity index (χ0n) is 14.4. The van der Waals surface area contributed by atoms with Crippen molar-refractivity contribution in [3.05, 3.63) is 0 Å². The molecule has 0 spiro atoms. The lowest BCUT2D eigenvalue weighted by atomic mass is 9.63. The fourth-order valence-electron chi connectivity index (χ4n) is 4.32. The second-order valence-corrected chi connectivity index (χ2v) is 8.68. The Labute approximate surface area is 126 Å². The van der Waals surface area contributed by atoms with Gasteiger partial charge >= 0.3 is 0 Å². The molecule has 2 saturated carbocycles. The molecule has 2 fully saturated rings. The maximum atomic E-state index is 6.35. The summed E-state index contributed by atoms with van der Waals surface area (Å²) < 4.78 is 0. The van der Waals surface area contributed by atoms with Crippen LogP contribution in [0, 0.1) is 17.3 Å². The number of hydrogen-bond donors (Lipinski definition) is 1. The minimum Gasteiger partial charge on any atom is -0.329 e. The highest BCUT2D eigenvalue weighted by atomic mass is 15.3. The molecule has 0 aliphatic heterocycles. The zero-order chi connectivity index (χ0) is 15.0. The number of hydrogen-bond acceptors (Lipinski definition) is 2. The largest absolute Gasteiger partial charge is 0.329 e. The SMILES string of the molecule is CC(C)CCN(C1CC1)C1(CN)CCC(C)(C)CC1C. The Hall–Kier alpha value is -0.0800.